The van der Waals surface area contributed by atoms with E-state index in [1.165, 1.54) is 16.7 Å². The Morgan fingerprint density at radius 2 is 1.11 bits per heavy atom. The van der Waals surface area contributed by atoms with Crippen LogP contribution < -0.4 is 0 Å². The van der Waals surface area contributed by atoms with E-state index in [1.54, 1.807) is 0 Å². The number of benzene rings is 1. The number of rotatable bonds is 8. The summed E-state index contributed by atoms with van der Waals surface area (Å²) in [6.45, 7) is 38.8. The zero-order valence-corrected chi connectivity index (χ0v) is 32.5. The molecule has 0 saturated carbocycles. The predicted octanol–water partition coefficient (Wildman–Crippen LogP) is 9.87. The molecule has 2 fully saturated rings. The number of allylic oxidation sites excluding steroid dienone is 1. The number of hydrogen-bond acceptors (Lipinski definition) is 4. The Labute approximate surface area is 278 Å². The third kappa shape index (κ3) is 8.26. The second-order valence-corrected chi connectivity index (χ2v) is 19.8. The van der Waals surface area contributed by atoms with Crippen LogP contribution in [0.2, 0.25) is 0 Å². The van der Waals surface area contributed by atoms with E-state index in [4.69, 9.17) is 4.74 Å². The smallest absolute Gasteiger partial charge is 0.146 e. The Morgan fingerprint density at radius 3 is 1.49 bits per heavy atom. The SMILES string of the molecule is C=C(OC1CC(C)(C)N(C)C(C)(C)C1)C(C)(Cc1cc(C(C)(C)C)cc(C(C)(C)C)c1)C(=O)CC1CC(C)(C)N(C)C(C)(C)C1. The first-order valence-electron chi connectivity index (χ1n) is 17.5. The normalized spacial score (nSPS) is 24.2. The summed E-state index contributed by atoms with van der Waals surface area (Å²) < 4.78 is 6.90. The Morgan fingerprint density at radius 1 is 0.733 bits per heavy atom. The first-order chi connectivity index (χ1) is 20.0. The van der Waals surface area contributed by atoms with Crippen molar-refractivity contribution in [3.8, 4) is 0 Å². The molecule has 0 bridgehead atoms. The van der Waals surface area contributed by atoms with Crippen molar-refractivity contribution in [3.63, 3.8) is 0 Å². The molecule has 3 rings (SSSR count). The molecule has 2 aliphatic rings. The van der Waals surface area contributed by atoms with Gasteiger partial charge in [-0.25, -0.2) is 0 Å². The average Bonchev–Trinajstić information content (AvgIpc) is 2.83. The molecule has 0 aromatic heterocycles. The van der Waals surface area contributed by atoms with Gasteiger partial charge in [-0.2, -0.15) is 0 Å². The van der Waals surface area contributed by atoms with Gasteiger partial charge in [0.1, 0.15) is 17.6 Å². The number of Topliss-reactive ketones (excluding diaryl/α,β-unsaturated/α-hetero) is 1. The lowest BCUT2D eigenvalue weighted by atomic mass is 9.68. The Balaban J connectivity index is 2.05. The summed E-state index contributed by atoms with van der Waals surface area (Å²) in [4.78, 5) is 19.8. The highest BCUT2D eigenvalue weighted by Gasteiger charge is 2.48. The number of likely N-dealkylation sites (tertiary alicyclic amines) is 2. The van der Waals surface area contributed by atoms with Gasteiger partial charge < -0.3 is 4.74 Å². The highest BCUT2D eigenvalue weighted by molar-refractivity contribution is 5.87. The van der Waals surface area contributed by atoms with Crippen LogP contribution in [0.15, 0.2) is 30.5 Å². The molecular weight excluding hydrogens is 552 g/mol. The van der Waals surface area contributed by atoms with Crippen LogP contribution in [0, 0.1) is 11.3 Å². The van der Waals surface area contributed by atoms with E-state index in [0.717, 1.165) is 25.7 Å². The van der Waals surface area contributed by atoms with Gasteiger partial charge in [-0.15, -0.1) is 0 Å². The molecule has 1 aromatic carbocycles. The van der Waals surface area contributed by atoms with Gasteiger partial charge >= 0.3 is 0 Å². The minimum atomic E-state index is -0.832. The van der Waals surface area contributed by atoms with Gasteiger partial charge in [0.15, 0.2) is 0 Å². The van der Waals surface area contributed by atoms with Crippen LogP contribution in [0.5, 0.6) is 0 Å². The van der Waals surface area contributed by atoms with Crippen molar-refractivity contribution < 1.29 is 9.53 Å². The van der Waals surface area contributed by atoms with Crippen LogP contribution in [0.4, 0.5) is 0 Å². The molecule has 1 atom stereocenters. The quantitative estimate of drug-likeness (QED) is 0.270. The van der Waals surface area contributed by atoms with Crippen molar-refractivity contribution >= 4 is 5.78 Å². The minimum Gasteiger partial charge on any atom is -0.494 e. The van der Waals surface area contributed by atoms with Crippen molar-refractivity contribution in [2.45, 2.75) is 181 Å². The zero-order valence-electron chi connectivity index (χ0n) is 32.5. The lowest BCUT2D eigenvalue weighted by Crippen LogP contribution is -2.60. The molecule has 0 aliphatic carbocycles. The number of nitrogens with zero attached hydrogens (tertiary/aromatic N) is 2. The second-order valence-electron chi connectivity index (χ2n) is 19.8. The van der Waals surface area contributed by atoms with Crippen molar-refractivity contribution in [1.82, 2.24) is 9.80 Å². The van der Waals surface area contributed by atoms with Crippen molar-refractivity contribution in [1.29, 1.82) is 0 Å². The summed E-state index contributed by atoms with van der Waals surface area (Å²) in [5.74, 6) is 1.22. The second kappa shape index (κ2) is 12.1. The third-order valence-corrected chi connectivity index (χ3v) is 12.0. The largest absolute Gasteiger partial charge is 0.494 e. The number of piperidine rings is 2. The van der Waals surface area contributed by atoms with Gasteiger partial charge in [0.05, 0.1) is 5.41 Å². The number of hydrogen-bond donors (Lipinski definition) is 0. The summed E-state index contributed by atoms with van der Waals surface area (Å²) in [5.41, 5.74) is 3.02. The van der Waals surface area contributed by atoms with E-state index in [1.807, 2.05) is 0 Å². The van der Waals surface area contributed by atoms with Crippen LogP contribution >= 0.6 is 0 Å². The van der Waals surface area contributed by atoms with E-state index in [0.29, 0.717) is 24.5 Å². The summed E-state index contributed by atoms with van der Waals surface area (Å²) in [6, 6.07) is 7.02. The Bertz CT molecular complexity index is 1130. The summed E-state index contributed by atoms with van der Waals surface area (Å²) in [6.07, 6.45) is 4.98. The third-order valence-electron chi connectivity index (χ3n) is 12.0. The highest BCUT2D eigenvalue weighted by atomic mass is 16.5. The van der Waals surface area contributed by atoms with Crippen molar-refractivity contribution in [2.75, 3.05) is 14.1 Å². The Hall–Kier alpha value is -1.65. The maximum atomic E-state index is 14.8. The van der Waals surface area contributed by atoms with E-state index in [-0.39, 0.29) is 44.9 Å². The summed E-state index contributed by atoms with van der Waals surface area (Å²) in [5, 5.41) is 0. The molecule has 0 spiro atoms. The molecule has 2 saturated heterocycles. The first-order valence-corrected chi connectivity index (χ1v) is 17.5. The van der Waals surface area contributed by atoms with Gasteiger partial charge in [0.2, 0.25) is 0 Å². The summed E-state index contributed by atoms with van der Waals surface area (Å²) in [7, 11) is 4.45. The van der Waals surface area contributed by atoms with Gasteiger partial charge in [0, 0.05) is 41.4 Å². The van der Waals surface area contributed by atoms with Gasteiger partial charge in [0.25, 0.3) is 0 Å². The van der Waals surface area contributed by atoms with Crippen LogP contribution in [0.3, 0.4) is 0 Å². The fraction of sp³-hybridized carbons (Fsp3) is 0.780. The molecule has 0 amide bonds. The van der Waals surface area contributed by atoms with Gasteiger partial charge in [-0.05, 0) is 129 Å². The van der Waals surface area contributed by atoms with Crippen LogP contribution in [-0.2, 0) is 26.8 Å². The lowest BCUT2D eigenvalue weighted by Gasteiger charge is -2.54. The molecule has 1 unspecified atom stereocenters. The standard InChI is InChI=1S/C41H70N2O2/c1-28(45-33-26-39(12,13)43(18)40(14,15)27-33)41(16,34(44)21-30-23-37(8,9)42(17)38(10,11)24-30)25-29-19-31(35(2,3)4)22-32(20-29)36(5,6)7/h19-20,22,30,33H,1,21,23-27H2,2-18H3. The van der Waals surface area contributed by atoms with Gasteiger partial charge in [-0.3, -0.25) is 14.6 Å². The average molecular weight is 623 g/mol. The zero-order chi connectivity index (χ0) is 34.8. The van der Waals surface area contributed by atoms with Gasteiger partial charge in [-0.1, -0.05) is 66.3 Å². The fourth-order valence-electron chi connectivity index (χ4n) is 8.33. The number of ether oxygens (including phenoxy) is 1. The maximum absolute atomic E-state index is 14.8. The fourth-order valence-corrected chi connectivity index (χ4v) is 8.33. The summed E-state index contributed by atoms with van der Waals surface area (Å²) >= 11 is 0. The monoisotopic (exact) mass is 623 g/mol. The van der Waals surface area contributed by atoms with E-state index < -0.39 is 5.41 Å². The van der Waals surface area contributed by atoms with Crippen molar-refractivity contribution in [3.05, 3.63) is 47.2 Å². The molecule has 45 heavy (non-hydrogen) atoms. The number of carbonyl (C=O) groups excluding carboxylic acids is 1. The highest BCUT2D eigenvalue weighted by Crippen LogP contribution is 2.46. The van der Waals surface area contributed by atoms with Crippen LogP contribution in [-0.4, -0.2) is 57.9 Å². The van der Waals surface area contributed by atoms with Crippen LogP contribution in [0.25, 0.3) is 0 Å². The maximum Gasteiger partial charge on any atom is 0.146 e. The molecule has 4 nitrogen and oxygen atoms in total. The molecular formula is C41H70N2O2. The molecule has 0 radical (unpaired) electrons. The topological polar surface area (TPSA) is 32.8 Å². The van der Waals surface area contributed by atoms with Crippen LogP contribution in [0.1, 0.15) is 153 Å². The van der Waals surface area contributed by atoms with Crippen molar-refractivity contribution in [2.24, 2.45) is 11.3 Å². The molecule has 0 N–H and O–H groups in total. The molecule has 2 heterocycles. The van der Waals surface area contributed by atoms with E-state index in [2.05, 4.69) is 153 Å². The number of carbonyl (C=O) groups is 1. The molecule has 256 valence electrons. The lowest BCUT2D eigenvalue weighted by molar-refractivity contribution is -0.133. The first kappa shape index (κ1) is 37.8. The number of ketones is 1. The van der Waals surface area contributed by atoms with E-state index in [9.17, 15) is 4.79 Å². The predicted molar refractivity (Wildman–Crippen MR) is 193 cm³/mol. The molecule has 4 heteroatoms. The Kier molecular flexibility index (Phi) is 10.2. The minimum absolute atomic E-state index is 0.000504. The van der Waals surface area contributed by atoms with E-state index >= 15 is 0 Å². The molecule has 2 aliphatic heterocycles. The molecule has 1 aromatic rings.